The lowest BCUT2D eigenvalue weighted by Crippen LogP contribution is -2.25. The minimum absolute atomic E-state index is 0.311. The molecular weight excluding hydrogens is 112 g/mol. The molecule has 0 amide bonds. The Labute approximate surface area is 56.1 Å². The molecule has 0 unspecified atom stereocenters. The molecular formula is C8H15O+. The number of rotatable bonds is 0. The fraction of sp³-hybridized carbons (Fsp3) is 1.00. The summed E-state index contributed by atoms with van der Waals surface area (Å²) in [6.07, 6.45) is 8.29. The Morgan fingerprint density at radius 3 is 2.33 bits per heavy atom. The van der Waals surface area contributed by atoms with Crippen molar-refractivity contribution in [2.75, 3.05) is 0 Å². The van der Waals surface area contributed by atoms with E-state index < -0.39 is 0 Å². The first-order valence-corrected chi connectivity index (χ1v) is 4.05. The van der Waals surface area contributed by atoms with E-state index in [9.17, 15) is 0 Å². The topological polar surface area (TPSA) is 22.9 Å². The lowest BCUT2D eigenvalue weighted by Gasteiger charge is -2.23. The van der Waals surface area contributed by atoms with Crippen LogP contribution in [0.3, 0.4) is 0 Å². The lowest BCUT2D eigenvalue weighted by atomic mass is 9.84. The summed E-state index contributed by atoms with van der Waals surface area (Å²) >= 11 is 0. The second-order valence-electron chi connectivity index (χ2n) is 3.66. The predicted molar refractivity (Wildman–Crippen MR) is 37.5 cm³/mol. The standard InChI is InChI=1S/C8H14O/c9-7-3-1-2-4-8(7)5-6-8/h7,9H,1-6H2/p+1/t7-/m0/s1. The molecule has 0 aromatic heterocycles. The van der Waals surface area contributed by atoms with Gasteiger partial charge < -0.3 is 5.11 Å². The fourth-order valence-corrected chi connectivity index (χ4v) is 2.06. The Kier molecular flexibility index (Phi) is 1.10. The van der Waals surface area contributed by atoms with Crippen molar-refractivity contribution in [2.24, 2.45) is 5.41 Å². The van der Waals surface area contributed by atoms with Crippen molar-refractivity contribution in [3.8, 4) is 0 Å². The van der Waals surface area contributed by atoms with Gasteiger partial charge in [0.15, 0.2) is 6.10 Å². The van der Waals surface area contributed by atoms with E-state index in [4.69, 9.17) is 5.11 Å². The van der Waals surface area contributed by atoms with Crippen molar-refractivity contribution < 1.29 is 5.11 Å². The van der Waals surface area contributed by atoms with Gasteiger partial charge in [-0.25, -0.2) is 0 Å². The molecule has 2 fully saturated rings. The molecule has 1 nitrogen and oxygen atoms in total. The molecule has 0 radical (unpaired) electrons. The average molecular weight is 127 g/mol. The van der Waals surface area contributed by atoms with Crippen LogP contribution in [0, 0.1) is 5.41 Å². The highest BCUT2D eigenvalue weighted by Crippen LogP contribution is 2.55. The molecule has 0 saturated heterocycles. The van der Waals surface area contributed by atoms with Gasteiger partial charge in [-0.3, -0.25) is 0 Å². The molecule has 52 valence electrons. The Balaban J connectivity index is 2.03. The molecule has 0 aromatic rings. The van der Waals surface area contributed by atoms with Gasteiger partial charge in [0.1, 0.15) is 0 Å². The van der Waals surface area contributed by atoms with Crippen molar-refractivity contribution in [2.45, 2.75) is 44.6 Å². The summed E-state index contributed by atoms with van der Waals surface area (Å²) < 4.78 is 0. The van der Waals surface area contributed by atoms with E-state index in [-0.39, 0.29) is 0 Å². The summed E-state index contributed by atoms with van der Waals surface area (Å²) in [7, 11) is 0. The van der Waals surface area contributed by atoms with Gasteiger partial charge in [-0.1, -0.05) is 6.42 Å². The van der Waals surface area contributed by atoms with Gasteiger partial charge in [-0.2, -0.15) is 0 Å². The fourth-order valence-electron chi connectivity index (χ4n) is 2.06. The highest BCUT2D eigenvalue weighted by molar-refractivity contribution is 5.00. The van der Waals surface area contributed by atoms with Crippen LogP contribution in [0.1, 0.15) is 38.5 Å². The zero-order valence-electron chi connectivity index (χ0n) is 5.82. The van der Waals surface area contributed by atoms with E-state index >= 15 is 0 Å². The van der Waals surface area contributed by atoms with Crippen molar-refractivity contribution in [3.05, 3.63) is 0 Å². The molecule has 2 N–H and O–H groups in total. The Hall–Kier alpha value is -0.0400. The third-order valence-corrected chi connectivity index (χ3v) is 3.05. The minimum Gasteiger partial charge on any atom is -0.443 e. The molecule has 1 heteroatoms. The van der Waals surface area contributed by atoms with Crippen LogP contribution >= 0.6 is 0 Å². The van der Waals surface area contributed by atoms with Crippen molar-refractivity contribution in [1.29, 1.82) is 0 Å². The van der Waals surface area contributed by atoms with Crippen LogP contribution in [0.2, 0.25) is 0 Å². The summed E-state index contributed by atoms with van der Waals surface area (Å²) in [6.45, 7) is 0. The van der Waals surface area contributed by atoms with Gasteiger partial charge in [-0.15, -0.1) is 0 Å². The largest absolute Gasteiger partial charge is 0.443 e. The SMILES string of the molecule is [OH2+][C@H]1CCCCC12CC2. The Morgan fingerprint density at radius 1 is 1.11 bits per heavy atom. The van der Waals surface area contributed by atoms with Crippen molar-refractivity contribution >= 4 is 0 Å². The Morgan fingerprint density at radius 2 is 1.89 bits per heavy atom. The van der Waals surface area contributed by atoms with Crippen LogP contribution in [0.25, 0.3) is 0 Å². The Bertz CT molecular complexity index is 116. The molecule has 0 aromatic carbocycles. The van der Waals surface area contributed by atoms with Crippen LogP contribution in [0.5, 0.6) is 0 Å². The van der Waals surface area contributed by atoms with E-state index in [1.54, 1.807) is 0 Å². The van der Waals surface area contributed by atoms with Gasteiger partial charge in [0, 0.05) is 11.8 Å². The van der Waals surface area contributed by atoms with Crippen molar-refractivity contribution in [3.63, 3.8) is 0 Å². The van der Waals surface area contributed by atoms with E-state index in [0.29, 0.717) is 11.5 Å². The molecule has 1 atom stereocenters. The molecule has 2 rings (SSSR count). The summed E-state index contributed by atoms with van der Waals surface area (Å²) in [5.74, 6) is 0. The van der Waals surface area contributed by atoms with Crippen LogP contribution in [-0.4, -0.2) is 11.2 Å². The van der Waals surface area contributed by atoms with Crippen molar-refractivity contribution in [1.82, 2.24) is 0 Å². The molecule has 1 spiro atoms. The molecule has 2 saturated carbocycles. The maximum absolute atomic E-state index is 7.74. The summed E-state index contributed by atoms with van der Waals surface area (Å²) in [5.41, 5.74) is 0.554. The zero-order chi connectivity index (χ0) is 6.32. The first-order valence-electron chi connectivity index (χ1n) is 4.05. The predicted octanol–water partition coefficient (Wildman–Crippen LogP) is 1.43. The highest BCUT2D eigenvalue weighted by Gasteiger charge is 2.52. The molecule has 0 bridgehead atoms. The van der Waals surface area contributed by atoms with Crippen LogP contribution < -0.4 is 0 Å². The third-order valence-electron chi connectivity index (χ3n) is 3.05. The number of hydrogen-bond acceptors (Lipinski definition) is 0. The first-order chi connectivity index (χ1) is 4.33. The first kappa shape index (κ1) is 5.72. The van der Waals surface area contributed by atoms with Crippen LogP contribution in [0.4, 0.5) is 0 Å². The molecule has 0 heterocycles. The summed E-state index contributed by atoms with van der Waals surface area (Å²) in [4.78, 5) is 0. The van der Waals surface area contributed by atoms with Gasteiger partial charge in [0.25, 0.3) is 0 Å². The third kappa shape index (κ3) is 0.787. The lowest BCUT2D eigenvalue weighted by molar-refractivity contribution is 0.0546. The molecule has 2 aliphatic carbocycles. The summed E-state index contributed by atoms with van der Waals surface area (Å²) in [5, 5.41) is 7.74. The average Bonchev–Trinajstić information content (AvgIpc) is 2.60. The van der Waals surface area contributed by atoms with Crippen LogP contribution in [0.15, 0.2) is 0 Å². The maximum atomic E-state index is 7.74. The van der Waals surface area contributed by atoms with Gasteiger partial charge in [0.05, 0.1) is 0 Å². The minimum atomic E-state index is 0.311. The maximum Gasteiger partial charge on any atom is 0.159 e. The second-order valence-corrected chi connectivity index (χ2v) is 3.66. The zero-order valence-corrected chi connectivity index (χ0v) is 5.82. The quantitative estimate of drug-likeness (QED) is 0.439. The molecule has 2 aliphatic rings. The van der Waals surface area contributed by atoms with E-state index in [1.165, 1.54) is 38.5 Å². The van der Waals surface area contributed by atoms with Gasteiger partial charge in [-0.05, 0) is 25.7 Å². The van der Waals surface area contributed by atoms with E-state index in [0.717, 1.165) is 0 Å². The van der Waals surface area contributed by atoms with E-state index in [1.807, 2.05) is 0 Å². The van der Waals surface area contributed by atoms with Crippen LogP contribution in [-0.2, 0) is 0 Å². The molecule has 0 aliphatic heterocycles. The van der Waals surface area contributed by atoms with E-state index in [2.05, 4.69) is 0 Å². The highest BCUT2D eigenvalue weighted by atomic mass is 16.3. The van der Waals surface area contributed by atoms with Gasteiger partial charge >= 0.3 is 0 Å². The monoisotopic (exact) mass is 127 g/mol. The summed E-state index contributed by atoms with van der Waals surface area (Å²) in [6, 6.07) is 0. The second kappa shape index (κ2) is 1.72. The smallest absolute Gasteiger partial charge is 0.159 e. The normalized spacial score (nSPS) is 39.0. The number of hydrogen-bond donors (Lipinski definition) is 0. The molecule has 9 heavy (non-hydrogen) atoms. The van der Waals surface area contributed by atoms with Gasteiger partial charge in [0.2, 0.25) is 0 Å².